The van der Waals surface area contributed by atoms with Crippen LogP contribution in [0.25, 0.3) is 5.69 Å². The fraction of sp³-hybridized carbons (Fsp3) is 0.100. The van der Waals surface area contributed by atoms with Gasteiger partial charge in [-0.2, -0.15) is 10.4 Å². The lowest BCUT2D eigenvalue weighted by Crippen LogP contribution is -2.00. The molecule has 5 heteroatoms. The second-order valence-electron chi connectivity index (χ2n) is 3.00. The largest absolute Gasteiger partial charge is 0.220 e. The van der Waals surface area contributed by atoms with Gasteiger partial charge < -0.3 is 0 Å². The standard InChI is InChI=1S/C10H7FN4/c1-7-13-6-14-15(7)9-3-2-8(5-12)10(11)4-9/h2-4,6H,1H3. The van der Waals surface area contributed by atoms with E-state index in [1.54, 1.807) is 19.1 Å². The highest BCUT2D eigenvalue weighted by Crippen LogP contribution is 2.13. The van der Waals surface area contributed by atoms with E-state index in [1.807, 2.05) is 0 Å². The molecular formula is C10H7FN4. The summed E-state index contributed by atoms with van der Waals surface area (Å²) < 4.78 is 14.8. The van der Waals surface area contributed by atoms with Gasteiger partial charge in [0.2, 0.25) is 0 Å². The number of hydrogen-bond donors (Lipinski definition) is 0. The minimum Gasteiger partial charge on any atom is -0.220 e. The Morgan fingerprint density at radius 1 is 1.47 bits per heavy atom. The zero-order valence-electron chi connectivity index (χ0n) is 7.98. The molecule has 0 fully saturated rings. The van der Waals surface area contributed by atoms with Crippen molar-refractivity contribution in [1.29, 1.82) is 5.26 Å². The summed E-state index contributed by atoms with van der Waals surface area (Å²) in [6, 6.07) is 6.08. The molecule has 0 aliphatic rings. The molecule has 0 saturated carbocycles. The Hall–Kier alpha value is -2.22. The molecule has 1 aromatic carbocycles. The number of aromatic nitrogens is 3. The number of nitrogens with zero attached hydrogens (tertiary/aromatic N) is 4. The maximum atomic E-state index is 13.3. The van der Waals surface area contributed by atoms with Crippen LogP contribution in [0.2, 0.25) is 0 Å². The van der Waals surface area contributed by atoms with Crippen molar-refractivity contribution in [2.24, 2.45) is 0 Å². The van der Waals surface area contributed by atoms with E-state index in [1.165, 1.54) is 23.1 Å². The third-order valence-electron chi connectivity index (χ3n) is 2.04. The van der Waals surface area contributed by atoms with E-state index >= 15 is 0 Å². The van der Waals surface area contributed by atoms with Gasteiger partial charge in [-0.3, -0.25) is 0 Å². The van der Waals surface area contributed by atoms with E-state index in [-0.39, 0.29) is 5.56 Å². The first-order chi connectivity index (χ1) is 7.22. The molecule has 0 unspecified atom stereocenters. The molecule has 0 bridgehead atoms. The molecule has 0 N–H and O–H groups in total. The lowest BCUT2D eigenvalue weighted by atomic mass is 10.2. The van der Waals surface area contributed by atoms with Crippen molar-refractivity contribution < 1.29 is 4.39 Å². The highest BCUT2D eigenvalue weighted by atomic mass is 19.1. The summed E-state index contributed by atoms with van der Waals surface area (Å²) in [6.45, 7) is 1.77. The van der Waals surface area contributed by atoms with Gasteiger partial charge in [0, 0.05) is 6.07 Å². The number of nitriles is 1. The van der Waals surface area contributed by atoms with Gasteiger partial charge in [-0.15, -0.1) is 0 Å². The lowest BCUT2D eigenvalue weighted by Gasteiger charge is -2.03. The minimum atomic E-state index is -0.551. The summed E-state index contributed by atoms with van der Waals surface area (Å²) >= 11 is 0. The molecule has 1 aromatic heterocycles. The van der Waals surface area contributed by atoms with Crippen LogP contribution >= 0.6 is 0 Å². The van der Waals surface area contributed by atoms with Gasteiger partial charge in [-0.05, 0) is 19.1 Å². The normalized spacial score (nSPS) is 9.93. The second kappa shape index (κ2) is 3.50. The van der Waals surface area contributed by atoms with Crippen LogP contribution in [0.4, 0.5) is 4.39 Å². The number of benzene rings is 1. The highest BCUT2D eigenvalue weighted by molar-refractivity contribution is 5.40. The van der Waals surface area contributed by atoms with Gasteiger partial charge in [-0.1, -0.05) is 0 Å². The minimum absolute atomic E-state index is 0.0246. The smallest absolute Gasteiger partial charge is 0.143 e. The van der Waals surface area contributed by atoms with Crippen LogP contribution in [0, 0.1) is 24.1 Å². The predicted molar refractivity (Wildman–Crippen MR) is 50.8 cm³/mol. The molecule has 0 atom stereocenters. The molecule has 2 aromatic rings. The van der Waals surface area contributed by atoms with Crippen molar-refractivity contribution in [3.05, 3.63) is 41.7 Å². The van der Waals surface area contributed by atoms with E-state index in [2.05, 4.69) is 10.1 Å². The highest BCUT2D eigenvalue weighted by Gasteiger charge is 2.06. The van der Waals surface area contributed by atoms with Crippen LogP contribution in [0.5, 0.6) is 0 Å². The molecule has 15 heavy (non-hydrogen) atoms. The van der Waals surface area contributed by atoms with Gasteiger partial charge in [0.1, 0.15) is 24.0 Å². The van der Waals surface area contributed by atoms with Gasteiger partial charge in [0.25, 0.3) is 0 Å². The molecule has 0 amide bonds. The molecule has 0 radical (unpaired) electrons. The molecule has 0 aliphatic heterocycles. The molecule has 74 valence electrons. The topological polar surface area (TPSA) is 54.5 Å². The summed E-state index contributed by atoms with van der Waals surface area (Å²) in [4.78, 5) is 3.93. The first kappa shape index (κ1) is 9.34. The van der Waals surface area contributed by atoms with Gasteiger partial charge >= 0.3 is 0 Å². The van der Waals surface area contributed by atoms with Crippen molar-refractivity contribution in [1.82, 2.24) is 14.8 Å². The van der Waals surface area contributed by atoms with Crippen LogP contribution in [0.1, 0.15) is 11.4 Å². The fourth-order valence-corrected chi connectivity index (χ4v) is 1.28. The van der Waals surface area contributed by atoms with Crippen LogP contribution < -0.4 is 0 Å². The predicted octanol–water partition coefficient (Wildman–Crippen LogP) is 1.59. The first-order valence-electron chi connectivity index (χ1n) is 4.29. The number of halogens is 1. The quantitative estimate of drug-likeness (QED) is 0.705. The fourth-order valence-electron chi connectivity index (χ4n) is 1.28. The van der Waals surface area contributed by atoms with Crippen molar-refractivity contribution in [3.63, 3.8) is 0 Å². The lowest BCUT2D eigenvalue weighted by molar-refractivity contribution is 0.621. The van der Waals surface area contributed by atoms with E-state index in [0.717, 1.165) is 0 Å². The SMILES string of the molecule is Cc1ncnn1-c1ccc(C#N)c(F)c1. The zero-order chi connectivity index (χ0) is 10.8. The molecule has 2 rings (SSSR count). The molecule has 0 aliphatic carbocycles. The Labute approximate surface area is 85.6 Å². The number of rotatable bonds is 1. The average Bonchev–Trinajstić information content (AvgIpc) is 2.64. The van der Waals surface area contributed by atoms with Crippen molar-refractivity contribution in [3.8, 4) is 11.8 Å². The van der Waals surface area contributed by atoms with E-state index in [9.17, 15) is 4.39 Å². The Bertz CT molecular complexity index is 539. The Morgan fingerprint density at radius 3 is 2.80 bits per heavy atom. The van der Waals surface area contributed by atoms with E-state index < -0.39 is 5.82 Å². The van der Waals surface area contributed by atoms with Gasteiger partial charge in [0.15, 0.2) is 0 Å². The van der Waals surface area contributed by atoms with E-state index in [4.69, 9.17) is 5.26 Å². The third kappa shape index (κ3) is 1.57. The first-order valence-corrected chi connectivity index (χ1v) is 4.29. The van der Waals surface area contributed by atoms with Crippen molar-refractivity contribution in [2.45, 2.75) is 6.92 Å². The number of hydrogen-bond acceptors (Lipinski definition) is 3. The summed E-state index contributed by atoms with van der Waals surface area (Å²) in [6.07, 6.45) is 1.39. The van der Waals surface area contributed by atoms with E-state index in [0.29, 0.717) is 11.5 Å². The summed E-state index contributed by atoms with van der Waals surface area (Å²) in [5, 5.41) is 12.5. The third-order valence-corrected chi connectivity index (χ3v) is 2.04. The van der Waals surface area contributed by atoms with Crippen LogP contribution in [0.15, 0.2) is 24.5 Å². The van der Waals surface area contributed by atoms with Crippen molar-refractivity contribution in [2.75, 3.05) is 0 Å². The summed E-state index contributed by atoms with van der Waals surface area (Å²) in [5.41, 5.74) is 0.581. The van der Waals surface area contributed by atoms with Crippen LogP contribution in [-0.2, 0) is 0 Å². The molecule has 0 saturated heterocycles. The molecular weight excluding hydrogens is 195 g/mol. The maximum Gasteiger partial charge on any atom is 0.143 e. The molecule has 1 heterocycles. The van der Waals surface area contributed by atoms with Crippen molar-refractivity contribution >= 4 is 0 Å². The summed E-state index contributed by atoms with van der Waals surface area (Å²) in [5.74, 6) is 0.115. The summed E-state index contributed by atoms with van der Waals surface area (Å²) in [7, 11) is 0. The maximum absolute atomic E-state index is 13.3. The van der Waals surface area contributed by atoms with Crippen LogP contribution in [-0.4, -0.2) is 14.8 Å². The monoisotopic (exact) mass is 202 g/mol. The Kier molecular flexibility index (Phi) is 2.18. The average molecular weight is 202 g/mol. The Morgan fingerprint density at radius 2 is 2.27 bits per heavy atom. The zero-order valence-corrected chi connectivity index (χ0v) is 7.98. The molecule has 4 nitrogen and oxygen atoms in total. The number of aryl methyl sites for hydroxylation is 1. The van der Waals surface area contributed by atoms with Gasteiger partial charge in [0.05, 0.1) is 11.3 Å². The molecule has 0 spiro atoms. The van der Waals surface area contributed by atoms with Gasteiger partial charge in [-0.25, -0.2) is 14.1 Å². The van der Waals surface area contributed by atoms with Crippen LogP contribution in [0.3, 0.4) is 0 Å². The second-order valence-corrected chi connectivity index (χ2v) is 3.00. The Balaban J connectivity index is 2.53.